The Morgan fingerprint density at radius 3 is 2.45 bits per heavy atom. The topological polar surface area (TPSA) is 73.6 Å². The normalized spacial score (nSPS) is 10.9. The highest BCUT2D eigenvalue weighted by atomic mass is 35.5. The van der Waals surface area contributed by atoms with Crippen LogP contribution in [-0.4, -0.2) is 30.9 Å². The van der Waals surface area contributed by atoms with E-state index in [2.05, 4.69) is 10.5 Å². The van der Waals surface area contributed by atoms with Crippen molar-refractivity contribution in [3.8, 4) is 11.1 Å². The molecule has 0 radical (unpaired) electrons. The number of ether oxygens (including phenoxy) is 2. The number of benzene rings is 2. The predicted molar refractivity (Wildman–Crippen MR) is 123 cm³/mol. The van der Waals surface area contributed by atoms with E-state index < -0.39 is 5.97 Å². The summed E-state index contributed by atoms with van der Waals surface area (Å²) < 4.78 is 15.9. The number of aromatic nitrogens is 1. The number of carbonyl (C=O) groups is 1. The maximum absolute atomic E-state index is 12.5. The minimum absolute atomic E-state index is 0.181. The average molecular weight is 463 g/mol. The second-order valence-corrected chi connectivity index (χ2v) is 7.75. The van der Waals surface area contributed by atoms with Gasteiger partial charge < -0.3 is 19.3 Å². The fourth-order valence-corrected chi connectivity index (χ4v) is 3.74. The Bertz CT molecular complexity index is 1020. The smallest absolute Gasteiger partial charge is 0.340 e. The molecule has 0 aliphatic rings. The number of anilines is 2. The van der Waals surface area contributed by atoms with Gasteiger partial charge in [0.15, 0.2) is 0 Å². The van der Waals surface area contributed by atoms with E-state index in [0.717, 1.165) is 23.2 Å². The summed E-state index contributed by atoms with van der Waals surface area (Å²) in [5, 5.41) is 7.95. The summed E-state index contributed by atoms with van der Waals surface area (Å²) in [6.45, 7) is 6.88. The first-order chi connectivity index (χ1) is 14.9. The molecule has 0 spiro atoms. The summed E-state index contributed by atoms with van der Waals surface area (Å²) in [6.07, 6.45) is 0.914. The van der Waals surface area contributed by atoms with Gasteiger partial charge in [-0.05, 0) is 50.1 Å². The molecule has 6 nitrogen and oxygen atoms in total. The first kappa shape index (κ1) is 23.1. The number of nitrogens with one attached hydrogen (secondary N) is 1. The summed E-state index contributed by atoms with van der Waals surface area (Å²) in [6, 6.07) is 10.6. The van der Waals surface area contributed by atoms with Crippen molar-refractivity contribution in [1.82, 2.24) is 5.16 Å². The summed E-state index contributed by atoms with van der Waals surface area (Å²) in [4.78, 5) is 12.5. The third kappa shape index (κ3) is 5.58. The molecule has 1 heterocycles. The van der Waals surface area contributed by atoms with E-state index in [1.807, 2.05) is 26.8 Å². The molecule has 3 rings (SSSR count). The molecular weight excluding hydrogens is 439 g/mol. The highest BCUT2D eigenvalue weighted by Crippen LogP contribution is 2.39. The van der Waals surface area contributed by atoms with Crippen molar-refractivity contribution in [3.63, 3.8) is 0 Å². The van der Waals surface area contributed by atoms with Crippen molar-refractivity contribution in [3.05, 3.63) is 63.5 Å². The molecule has 0 saturated heterocycles. The van der Waals surface area contributed by atoms with Crippen LogP contribution in [0.25, 0.3) is 11.1 Å². The number of esters is 1. The molecule has 2 aromatic carbocycles. The number of hydrogen-bond acceptors (Lipinski definition) is 6. The van der Waals surface area contributed by atoms with E-state index >= 15 is 0 Å². The quantitative estimate of drug-likeness (QED) is 0.285. The Morgan fingerprint density at radius 2 is 1.81 bits per heavy atom. The monoisotopic (exact) mass is 462 g/mol. The molecule has 0 unspecified atom stereocenters. The van der Waals surface area contributed by atoms with Crippen LogP contribution in [0.1, 0.15) is 35.2 Å². The molecule has 0 amide bonds. The molecule has 8 heteroatoms. The maximum atomic E-state index is 12.5. The van der Waals surface area contributed by atoms with Gasteiger partial charge in [0.05, 0.1) is 39.3 Å². The van der Waals surface area contributed by atoms with Gasteiger partial charge in [0.25, 0.3) is 0 Å². The van der Waals surface area contributed by atoms with E-state index in [-0.39, 0.29) is 6.61 Å². The molecule has 0 fully saturated rings. The molecule has 0 aliphatic carbocycles. The molecule has 1 N–H and O–H groups in total. The van der Waals surface area contributed by atoms with Crippen LogP contribution in [0.4, 0.5) is 11.4 Å². The molecule has 31 heavy (non-hydrogen) atoms. The lowest BCUT2D eigenvalue weighted by Gasteiger charge is -2.15. The number of rotatable bonds is 9. The van der Waals surface area contributed by atoms with E-state index in [0.29, 0.717) is 46.0 Å². The zero-order chi connectivity index (χ0) is 22.4. The van der Waals surface area contributed by atoms with E-state index in [4.69, 9.17) is 37.2 Å². The first-order valence-corrected chi connectivity index (χ1v) is 10.7. The predicted octanol–water partition coefficient (Wildman–Crippen LogP) is 6.59. The first-order valence-electron chi connectivity index (χ1n) is 9.95. The summed E-state index contributed by atoms with van der Waals surface area (Å²) in [5.41, 5.74) is 3.81. The molecule has 0 aliphatic heterocycles. The minimum atomic E-state index is -0.456. The van der Waals surface area contributed by atoms with Gasteiger partial charge in [0.2, 0.25) is 0 Å². The summed E-state index contributed by atoms with van der Waals surface area (Å²) in [5.74, 6) is 0.226. The van der Waals surface area contributed by atoms with Crippen LogP contribution >= 0.6 is 23.2 Å². The minimum Gasteiger partial charge on any atom is -0.460 e. The van der Waals surface area contributed by atoms with Crippen LogP contribution in [0.3, 0.4) is 0 Å². The number of aryl methyl sites for hydroxylation is 2. The Hall–Kier alpha value is -2.54. The maximum Gasteiger partial charge on any atom is 0.340 e. The number of nitrogens with zero attached hydrogens (tertiary/aromatic N) is 1. The number of para-hydroxylation sites is 1. The second-order valence-electron chi connectivity index (χ2n) is 6.93. The van der Waals surface area contributed by atoms with Crippen molar-refractivity contribution in [2.45, 2.75) is 27.2 Å². The van der Waals surface area contributed by atoms with Gasteiger partial charge in [-0.1, -0.05) is 47.4 Å². The molecule has 0 bridgehead atoms. The third-order valence-electron chi connectivity index (χ3n) is 4.58. The van der Waals surface area contributed by atoms with Gasteiger partial charge >= 0.3 is 5.97 Å². The van der Waals surface area contributed by atoms with E-state index in [9.17, 15) is 4.79 Å². The number of hydrogen-bond donors (Lipinski definition) is 1. The largest absolute Gasteiger partial charge is 0.460 e. The molecule has 0 atom stereocenters. The van der Waals surface area contributed by atoms with Crippen LogP contribution in [0.15, 0.2) is 40.9 Å². The lowest BCUT2D eigenvalue weighted by atomic mass is 10.0. The van der Waals surface area contributed by atoms with E-state index in [1.54, 1.807) is 30.3 Å². The molecule has 0 saturated carbocycles. The van der Waals surface area contributed by atoms with Crippen molar-refractivity contribution in [1.29, 1.82) is 0 Å². The van der Waals surface area contributed by atoms with Crippen molar-refractivity contribution < 1.29 is 18.8 Å². The summed E-state index contributed by atoms with van der Waals surface area (Å²) >= 11 is 13.1. The highest BCUT2D eigenvalue weighted by molar-refractivity contribution is 6.39. The van der Waals surface area contributed by atoms with Crippen LogP contribution in [0.5, 0.6) is 0 Å². The Kier molecular flexibility index (Phi) is 7.96. The molecular formula is C23H24Cl2N2O4. The standard InChI is InChI=1S/C23H24Cl2N2O4/c1-4-9-29-10-11-30-23(28)17-7-5-6-8-20(17)26-22-18(24)12-16(13-19(22)25)21-14(2)27-31-15(21)3/h5-8,12-13,26H,4,9-11H2,1-3H3. The Labute approximate surface area is 191 Å². The zero-order valence-corrected chi connectivity index (χ0v) is 19.1. The molecule has 1 aromatic heterocycles. The molecule has 3 aromatic rings. The third-order valence-corrected chi connectivity index (χ3v) is 5.18. The lowest BCUT2D eigenvalue weighted by molar-refractivity contribution is 0.0319. The van der Waals surface area contributed by atoms with Gasteiger partial charge in [-0.15, -0.1) is 0 Å². The highest BCUT2D eigenvalue weighted by Gasteiger charge is 2.18. The molecule has 164 valence electrons. The second kappa shape index (κ2) is 10.7. The Balaban J connectivity index is 1.81. The average Bonchev–Trinajstić information content (AvgIpc) is 3.08. The van der Waals surface area contributed by atoms with Crippen molar-refractivity contribution in [2.24, 2.45) is 0 Å². The fraction of sp³-hybridized carbons (Fsp3) is 0.304. The van der Waals surface area contributed by atoms with Crippen LogP contribution in [0.2, 0.25) is 10.0 Å². The van der Waals surface area contributed by atoms with Crippen molar-refractivity contribution >= 4 is 40.5 Å². The van der Waals surface area contributed by atoms with Crippen LogP contribution in [-0.2, 0) is 9.47 Å². The van der Waals surface area contributed by atoms with Crippen LogP contribution < -0.4 is 5.32 Å². The van der Waals surface area contributed by atoms with Gasteiger partial charge in [0, 0.05) is 12.2 Å². The lowest BCUT2D eigenvalue weighted by Crippen LogP contribution is -2.12. The van der Waals surface area contributed by atoms with Crippen LogP contribution in [0, 0.1) is 13.8 Å². The van der Waals surface area contributed by atoms with Gasteiger partial charge in [-0.2, -0.15) is 0 Å². The fourth-order valence-electron chi connectivity index (χ4n) is 3.15. The zero-order valence-electron chi connectivity index (χ0n) is 17.6. The van der Waals surface area contributed by atoms with Crippen molar-refractivity contribution in [2.75, 3.05) is 25.1 Å². The Morgan fingerprint density at radius 1 is 1.10 bits per heavy atom. The summed E-state index contributed by atoms with van der Waals surface area (Å²) in [7, 11) is 0. The van der Waals surface area contributed by atoms with E-state index in [1.165, 1.54) is 0 Å². The van der Waals surface area contributed by atoms with Gasteiger partial charge in [-0.25, -0.2) is 4.79 Å². The van der Waals surface area contributed by atoms with Gasteiger partial charge in [0.1, 0.15) is 12.4 Å². The SMILES string of the molecule is CCCOCCOC(=O)c1ccccc1Nc1c(Cl)cc(-c2c(C)noc2C)cc1Cl. The number of carbonyl (C=O) groups excluding carboxylic acids is 1. The van der Waals surface area contributed by atoms with Gasteiger partial charge in [-0.3, -0.25) is 0 Å². The number of halogens is 2.